The lowest BCUT2D eigenvalue weighted by atomic mass is 9.89. The van der Waals surface area contributed by atoms with Gasteiger partial charge in [-0.1, -0.05) is 50.6 Å². The number of aromatic amines is 1. The molecule has 4 N–H and O–H groups in total. The Morgan fingerprint density at radius 3 is 2.66 bits per heavy atom. The second kappa shape index (κ2) is 15.7. The van der Waals surface area contributed by atoms with Crippen LogP contribution in [0.25, 0.3) is 21.5 Å². The summed E-state index contributed by atoms with van der Waals surface area (Å²) in [6.07, 6.45) is 11.4. The molecule has 2 heterocycles. The van der Waals surface area contributed by atoms with Crippen molar-refractivity contribution in [1.29, 1.82) is 0 Å². The summed E-state index contributed by atoms with van der Waals surface area (Å²) in [5, 5.41) is 12.3. The standard InChI is InChI=1S/C26H41N9O3/c1-2-3-13-29-26(38)33-25-31-23-21(24(37)32-25)16-20(35(23)18-19-11-7-6-8-12-19)17-22(36)28-14-9-4-5-10-15-30-34-27/h16,19H,2-15,17-18H2,1H3,(H,28,36)(H3,29,31,32,33,37,38). The van der Waals surface area contributed by atoms with Gasteiger partial charge in [0.25, 0.3) is 5.56 Å². The van der Waals surface area contributed by atoms with Crippen LogP contribution in [0.5, 0.6) is 0 Å². The minimum atomic E-state index is -0.413. The number of fused-ring (bicyclic) bond motifs is 1. The van der Waals surface area contributed by atoms with E-state index in [4.69, 9.17) is 5.53 Å². The Kier molecular flexibility index (Phi) is 12.0. The van der Waals surface area contributed by atoms with Crippen LogP contribution in [0, 0.1) is 5.92 Å². The third kappa shape index (κ3) is 9.09. The number of anilines is 1. The van der Waals surface area contributed by atoms with E-state index in [1.165, 1.54) is 19.3 Å². The molecule has 0 spiro atoms. The highest BCUT2D eigenvalue weighted by atomic mass is 16.2. The molecule has 0 aliphatic heterocycles. The molecule has 3 rings (SSSR count). The molecule has 208 valence electrons. The monoisotopic (exact) mass is 527 g/mol. The Balaban J connectivity index is 1.71. The molecule has 2 aromatic rings. The number of azide groups is 1. The van der Waals surface area contributed by atoms with Crippen molar-refractivity contribution in [2.45, 2.75) is 90.5 Å². The van der Waals surface area contributed by atoms with E-state index in [0.29, 0.717) is 43.1 Å². The summed E-state index contributed by atoms with van der Waals surface area (Å²) >= 11 is 0. The summed E-state index contributed by atoms with van der Waals surface area (Å²) in [5.41, 5.74) is 9.21. The van der Waals surface area contributed by atoms with Gasteiger partial charge in [0.1, 0.15) is 5.65 Å². The molecule has 38 heavy (non-hydrogen) atoms. The van der Waals surface area contributed by atoms with Gasteiger partial charge in [0.2, 0.25) is 11.9 Å². The molecule has 3 amide bonds. The zero-order chi connectivity index (χ0) is 27.2. The maximum absolute atomic E-state index is 12.9. The molecule has 0 unspecified atom stereocenters. The van der Waals surface area contributed by atoms with Gasteiger partial charge in [-0.2, -0.15) is 4.98 Å². The van der Waals surface area contributed by atoms with E-state index in [0.717, 1.165) is 57.1 Å². The number of hydrogen-bond donors (Lipinski definition) is 4. The molecule has 0 saturated heterocycles. The Labute approximate surface area is 223 Å². The summed E-state index contributed by atoms with van der Waals surface area (Å²) in [6.45, 7) is 4.35. The number of nitrogens with zero attached hydrogens (tertiary/aromatic N) is 5. The average molecular weight is 528 g/mol. The average Bonchev–Trinajstić information content (AvgIpc) is 3.23. The third-order valence-electron chi connectivity index (χ3n) is 6.97. The Bertz CT molecular complexity index is 1160. The summed E-state index contributed by atoms with van der Waals surface area (Å²) in [6, 6.07) is 1.34. The van der Waals surface area contributed by atoms with E-state index in [1.54, 1.807) is 6.07 Å². The molecule has 12 nitrogen and oxygen atoms in total. The van der Waals surface area contributed by atoms with Crippen molar-refractivity contribution in [2.75, 3.05) is 25.0 Å². The molecule has 12 heteroatoms. The van der Waals surface area contributed by atoms with Crippen molar-refractivity contribution >= 4 is 28.9 Å². The van der Waals surface area contributed by atoms with Crippen LogP contribution in [-0.2, 0) is 17.8 Å². The third-order valence-corrected chi connectivity index (χ3v) is 6.97. The van der Waals surface area contributed by atoms with Crippen molar-refractivity contribution in [2.24, 2.45) is 11.0 Å². The SMILES string of the molecule is CCCCNC(=O)Nc1nc2c(cc(CC(=O)NCCCCCCN=[N+]=[N-])n2CC2CCCCC2)c(=O)[nH]1. The summed E-state index contributed by atoms with van der Waals surface area (Å²) < 4.78 is 2.00. The first-order valence-electron chi connectivity index (χ1n) is 14.0. The molecular weight excluding hydrogens is 486 g/mol. The van der Waals surface area contributed by atoms with Gasteiger partial charge < -0.3 is 15.2 Å². The van der Waals surface area contributed by atoms with Crippen molar-refractivity contribution in [1.82, 2.24) is 25.2 Å². The van der Waals surface area contributed by atoms with Crippen molar-refractivity contribution in [3.63, 3.8) is 0 Å². The number of rotatable bonds is 15. The highest BCUT2D eigenvalue weighted by Gasteiger charge is 2.21. The first kappa shape index (κ1) is 29.0. The molecule has 0 aromatic carbocycles. The van der Waals surface area contributed by atoms with Gasteiger partial charge in [0.15, 0.2) is 0 Å². The minimum absolute atomic E-state index is 0.0935. The van der Waals surface area contributed by atoms with Crippen molar-refractivity contribution in [3.05, 3.63) is 32.6 Å². The van der Waals surface area contributed by atoms with E-state index in [2.05, 4.69) is 35.9 Å². The number of aromatic nitrogens is 3. The fraction of sp³-hybridized carbons (Fsp3) is 0.692. The summed E-state index contributed by atoms with van der Waals surface area (Å²) in [4.78, 5) is 47.9. The highest BCUT2D eigenvalue weighted by molar-refractivity contribution is 5.89. The van der Waals surface area contributed by atoms with Gasteiger partial charge in [-0.15, -0.1) is 0 Å². The van der Waals surface area contributed by atoms with Gasteiger partial charge in [-0.25, -0.2) is 4.79 Å². The van der Waals surface area contributed by atoms with Gasteiger partial charge in [-0.05, 0) is 49.6 Å². The van der Waals surface area contributed by atoms with Crippen LogP contribution in [0.3, 0.4) is 0 Å². The van der Waals surface area contributed by atoms with Crippen LogP contribution in [0.2, 0.25) is 0 Å². The molecule has 1 aliphatic rings. The molecule has 0 atom stereocenters. The molecule has 1 fully saturated rings. The molecule has 1 aliphatic carbocycles. The lowest BCUT2D eigenvalue weighted by Gasteiger charge is -2.23. The predicted molar refractivity (Wildman–Crippen MR) is 148 cm³/mol. The second-order valence-electron chi connectivity index (χ2n) is 10.0. The van der Waals surface area contributed by atoms with Crippen LogP contribution in [0.1, 0.15) is 83.2 Å². The number of carbonyl (C=O) groups is 2. The maximum atomic E-state index is 12.9. The topological polar surface area (TPSA) is 170 Å². The number of unbranched alkanes of at least 4 members (excludes halogenated alkanes) is 4. The smallest absolute Gasteiger partial charge is 0.321 e. The fourth-order valence-electron chi connectivity index (χ4n) is 4.92. The number of amides is 3. The molecule has 0 bridgehead atoms. The van der Waals surface area contributed by atoms with E-state index < -0.39 is 6.03 Å². The van der Waals surface area contributed by atoms with E-state index in [1.807, 2.05) is 11.5 Å². The largest absolute Gasteiger partial charge is 0.356 e. The second-order valence-corrected chi connectivity index (χ2v) is 10.0. The van der Waals surface area contributed by atoms with E-state index in [9.17, 15) is 14.4 Å². The van der Waals surface area contributed by atoms with Crippen LogP contribution < -0.4 is 21.5 Å². The predicted octanol–water partition coefficient (Wildman–Crippen LogP) is 4.76. The number of carbonyl (C=O) groups excluding carboxylic acids is 2. The van der Waals surface area contributed by atoms with Gasteiger partial charge in [0.05, 0.1) is 11.8 Å². The Morgan fingerprint density at radius 2 is 1.89 bits per heavy atom. The van der Waals surface area contributed by atoms with Gasteiger partial charge in [0, 0.05) is 36.8 Å². The summed E-state index contributed by atoms with van der Waals surface area (Å²) in [5.74, 6) is 0.453. The zero-order valence-electron chi connectivity index (χ0n) is 22.4. The molecule has 1 saturated carbocycles. The van der Waals surface area contributed by atoms with Crippen LogP contribution in [0.4, 0.5) is 10.7 Å². The van der Waals surface area contributed by atoms with Gasteiger partial charge in [-0.3, -0.25) is 19.9 Å². The molecular formula is C26H41N9O3. The van der Waals surface area contributed by atoms with Crippen molar-refractivity contribution in [3.8, 4) is 0 Å². The fourth-order valence-corrected chi connectivity index (χ4v) is 4.92. The maximum Gasteiger partial charge on any atom is 0.321 e. The Morgan fingerprint density at radius 1 is 1.13 bits per heavy atom. The first-order valence-corrected chi connectivity index (χ1v) is 14.0. The number of H-pyrrole nitrogens is 1. The highest BCUT2D eigenvalue weighted by Crippen LogP contribution is 2.27. The number of urea groups is 1. The molecule has 0 radical (unpaired) electrons. The van der Waals surface area contributed by atoms with Crippen LogP contribution >= 0.6 is 0 Å². The quantitative estimate of drug-likeness (QED) is 0.113. The van der Waals surface area contributed by atoms with E-state index in [-0.39, 0.29) is 23.8 Å². The Hall–Kier alpha value is -3.53. The lowest BCUT2D eigenvalue weighted by molar-refractivity contribution is -0.120. The zero-order valence-corrected chi connectivity index (χ0v) is 22.4. The van der Waals surface area contributed by atoms with E-state index >= 15 is 0 Å². The summed E-state index contributed by atoms with van der Waals surface area (Å²) in [7, 11) is 0. The van der Waals surface area contributed by atoms with Crippen LogP contribution in [-0.4, -0.2) is 46.1 Å². The molecule has 2 aromatic heterocycles. The van der Waals surface area contributed by atoms with Gasteiger partial charge >= 0.3 is 6.03 Å². The van der Waals surface area contributed by atoms with Crippen LogP contribution in [0.15, 0.2) is 16.0 Å². The number of nitrogens with one attached hydrogen (secondary N) is 4. The lowest BCUT2D eigenvalue weighted by Crippen LogP contribution is -2.31. The van der Waals surface area contributed by atoms with Crippen molar-refractivity contribution < 1.29 is 9.59 Å². The normalized spacial score (nSPS) is 13.7. The minimum Gasteiger partial charge on any atom is -0.356 e. The number of hydrogen-bond acceptors (Lipinski definition) is 5. The first-order chi connectivity index (χ1) is 18.5.